The maximum Gasteiger partial charge on any atom is 0.145 e. The van der Waals surface area contributed by atoms with Crippen molar-refractivity contribution in [2.45, 2.75) is 19.9 Å². The van der Waals surface area contributed by atoms with Crippen LogP contribution in [0.25, 0.3) is 10.8 Å². The van der Waals surface area contributed by atoms with Gasteiger partial charge in [0.05, 0.1) is 0 Å². The molecule has 0 radical (unpaired) electrons. The Kier molecular flexibility index (Phi) is 2.86. The highest BCUT2D eigenvalue weighted by Gasteiger charge is 2.05. The molecule has 0 aliphatic carbocycles. The van der Waals surface area contributed by atoms with Crippen molar-refractivity contribution in [3.63, 3.8) is 0 Å². The summed E-state index contributed by atoms with van der Waals surface area (Å²) in [6.07, 6.45) is 1.76. The molecule has 0 atom stereocenters. The van der Waals surface area contributed by atoms with E-state index in [1.165, 1.54) is 0 Å². The van der Waals surface area contributed by atoms with Crippen LogP contribution in [0.4, 0.5) is 0 Å². The van der Waals surface area contributed by atoms with Crippen molar-refractivity contribution >= 4 is 16.6 Å². The van der Waals surface area contributed by atoms with Crippen molar-refractivity contribution in [1.82, 2.24) is 4.98 Å². The summed E-state index contributed by atoms with van der Waals surface area (Å²) in [6, 6.07) is 10.2. The van der Waals surface area contributed by atoms with E-state index in [-0.39, 0.29) is 6.04 Å². The van der Waals surface area contributed by atoms with Crippen LogP contribution in [0.15, 0.2) is 41.5 Å². The number of aliphatic imine (C=N–C) groups is 1. The standard InChI is InChI=1S/C13H15N3/c1-9(2)16-13(14)12-11-6-4-3-5-10(11)7-8-15-12/h3-9H,1-2H3,(H2,14,16). The van der Waals surface area contributed by atoms with Crippen molar-refractivity contribution in [3.8, 4) is 0 Å². The zero-order chi connectivity index (χ0) is 11.5. The van der Waals surface area contributed by atoms with E-state index in [4.69, 9.17) is 5.73 Å². The quantitative estimate of drug-likeness (QED) is 0.615. The third-order valence-electron chi connectivity index (χ3n) is 2.31. The number of fused-ring (bicyclic) bond motifs is 1. The second kappa shape index (κ2) is 4.31. The van der Waals surface area contributed by atoms with Crippen molar-refractivity contribution in [3.05, 3.63) is 42.2 Å². The molecule has 0 saturated heterocycles. The van der Waals surface area contributed by atoms with E-state index in [9.17, 15) is 0 Å². The molecule has 2 aromatic rings. The van der Waals surface area contributed by atoms with Gasteiger partial charge in [-0.2, -0.15) is 0 Å². The molecule has 1 heterocycles. The third-order valence-corrected chi connectivity index (χ3v) is 2.31. The molecule has 16 heavy (non-hydrogen) atoms. The zero-order valence-electron chi connectivity index (χ0n) is 9.51. The van der Waals surface area contributed by atoms with Gasteiger partial charge in [-0.05, 0) is 25.3 Å². The van der Waals surface area contributed by atoms with Crippen LogP contribution in [-0.2, 0) is 0 Å². The summed E-state index contributed by atoms with van der Waals surface area (Å²) in [5.41, 5.74) is 6.72. The van der Waals surface area contributed by atoms with Crippen molar-refractivity contribution in [1.29, 1.82) is 0 Å². The van der Waals surface area contributed by atoms with Crippen LogP contribution >= 0.6 is 0 Å². The van der Waals surface area contributed by atoms with Crippen molar-refractivity contribution < 1.29 is 0 Å². The lowest BCUT2D eigenvalue weighted by Crippen LogP contribution is -2.17. The Morgan fingerprint density at radius 3 is 2.75 bits per heavy atom. The van der Waals surface area contributed by atoms with Crippen LogP contribution in [0.2, 0.25) is 0 Å². The first-order valence-corrected chi connectivity index (χ1v) is 5.36. The lowest BCUT2D eigenvalue weighted by Gasteiger charge is -2.06. The molecule has 0 aliphatic heterocycles. The number of benzene rings is 1. The summed E-state index contributed by atoms with van der Waals surface area (Å²) in [6.45, 7) is 4.00. The maximum absolute atomic E-state index is 5.95. The molecule has 0 unspecified atom stereocenters. The molecule has 0 bridgehead atoms. The average molecular weight is 213 g/mol. The molecular formula is C13H15N3. The van der Waals surface area contributed by atoms with Gasteiger partial charge in [0.15, 0.2) is 0 Å². The Hall–Kier alpha value is -1.90. The normalized spacial score (nSPS) is 12.3. The van der Waals surface area contributed by atoms with Gasteiger partial charge in [-0.1, -0.05) is 24.3 Å². The first-order valence-electron chi connectivity index (χ1n) is 5.36. The van der Waals surface area contributed by atoms with Crippen molar-refractivity contribution in [2.75, 3.05) is 0 Å². The van der Waals surface area contributed by atoms with Gasteiger partial charge in [0.25, 0.3) is 0 Å². The topological polar surface area (TPSA) is 51.3 Å². The SMILES string of the molecule is CC(C)N=C(N)c1nccc2ccccc12. The highest BCUT2D eigenvalue weighted by atomic mass is 14.9. The smallest absolute Gasteiger partial charge is 0.145 e. The molecule has 2 rings (SSSR count). The molecule has 0 spiro atoms. The van der Waals surface area contributed by atoms with E-state index in [2.05, 4.69) is 9.98 Å². The fourth-order valence-corrected chi connectivity index (χ4v) is 1.66. The molecule has 3 heteroatoms. The van der Waals surface area contributed by atoms with Crippen LogP contribution < -0.4 is 5.73 Å². The Morgan fingerprint density at radius 1 is 1.25 bits per heavy atom. The molecule has 2 N–H and O–H groups in total. The van der Waals surface area contributed by atoms with E-state index < -0.39 is 0 Å². The van der Waals surface area contributed by atoms with Crippen LogP contribution in [0.5, 0.6) is 0 Å². The molecule has 1 aromatic heterocycles. The second-order valence-corrected chi connectivity index (χ2v) is 3.99. The van der Waals surface area contributed by atoms with Gasteiger partial charge in [-0.15, -0.1) is 0 Å². The Balaban J connectivity index is 2.61. The monoisotopic (exact) mass is 213 g/mol. The number of amidine groups is 1. The summed E-state index contributed by atoms with van der Waals surface area (Å²) >= 11 is 0. The van der Waals surface area contributed by atoms with Gasteiger partial charge in [-0.25, -0.2) is 0 Å². The van der Waals surface area contributed by atoms with Crippen LogP contribution in [0, 0.1) is 0 Å². The van der Waals surface area contributed by atoms with Gasteiger partial charge in [0, 0.05) is 17.6 Å². The Bertz CT molecular complexity index is 524. The molecule has 82 valence electrons. The first kappa shape index (κ1) is 10.6. The summed E-state index contributed by atoms with van der Waals surface area (Å²) in [7, 11) is 0. The van der Waals surface area contributed by atoms with E-state index in [0.717, 1.165) is 16.5 Å². The fraction of sp³-hybridized carbons (Fsp3) is 0.231. The average Bonchev–Trinajstić information content (AvgIpc) is 2.27. The number of pyridine rings is 1. The van der Waals surface area contributed by atoms with E-state index in [1.807, 2.05) is 44.2 Å². The van der Waals surface area contributed by atoms with Gasteiger partial charge in [0.1, 0.15) is 11.5 Å². The minimum atomic E-state index is 0.181. The molecule has 3 nitrogen and oxygen atoms in total. The summed E-state index contributed by atoms with van der Waals surface area (Å²) in [4.78, 5) is 8.63. The first-order chi connectivity index (χ1) is 7.68. The minimum Gasteiger partial charge on any atom is -0.382 e. The highest BCUT2D eigenvalue weighted by Crippen LogP contribution is 2.16. The Morgan fingerprint density at radius 2 is 2.00 bits per heavy atom. The number of aromatic nitrogens is 1. The van der Waals surface area contributed by atoms with Crippen molar-refractivity contribution in [2.24, 2.45) is 10.7 Å². The molecule has 0 saturated carbocycles. The van der Waals surface area contributed by atoms with Gasteiger partial charge < -0.3 is 5.73 Å². The maximum atomic E-state index is 5.95. The second-order valence-electron chi connectivity index (χ2n) is 3.99. The van der Waals surface area contributed by atoms with E-state index >= 15 is 0 Å². The summed E-state index contributed by atoms with van der Waals surface area (Å²) in [5.74, 6) is 0.506. The third kappa shape index (κ3) is 2.03. The minimum absolute atomic E-state index is 0.181. The number of hydrogen-bond donors (Lipinski definition) is 1. The summed E-state index contributed by atoms with van der Waals surface area (Å²) in [5, 5.41) is 2.18. The lowest BCUT2D eigenvalue weighted by molar-refractivity contribution is 0.833. The molecular weight excluding hydrogens is 198 g/mol. The van der Waals surface area contributed by atoms with Crippen LogP contribution in [0.1, 0.15) is 19.5 Å². The fourth-order valence-electron chi connectivity index (χ4n) is 1.66. The predicted octanol–water partition coefficient (Wildman–Crippen LogP) is 2.35. The number of rotatable bonds is 2. The number of nitrogens with zero attached hydrogens (tertiary/aromatic N) is 2. The van der Waals surface area contributed by atoms with E-state index in [0.29, 0.717) is 5.84 Å². The number of hydrogen-bond acceptors (Lipinski definition) is 2. The molecule has 0 aliphatic rings. The summed E-state index contributed by atoms with van der Waals surface area (Å²) < 4.78 is 0. The molecule has 0 amide bonds. The van der Waals surface area contributed by atoms with E-state index in [1.54, 1.807) is 6.20 Å². The molecule has 0 fully saturated rings. The van der Waals surface area contributed by atoms with Crippen LogP contribution in [-0.4, -0.2) is 16.9 Å². The van der Waals surface area contributed by atoms with Gasteiger partial charge >= 0.3 is 0 Å². The molecule has 1 aromatic carbocycles. The van der Waals surface area contributed by atoms with Crippen LogP contribution in [0.3, 0.4) is 0 Å². The van der Waals surface area contributed by atoms with Gasteiger partial charge in [0.2, 0.25) is 0 Å². The zero-order valence-corrected chi connectivity index (χ0v) is 9.51. The van der Waals surface area contributed by atoms with Gasteiger partial charge in [-0.3, -0.25) is 9.98 Å². The largest absolute Gasteiger partial charge is 0.382 e. The predicted molar refractivity (Wildman–Crippen MR) is 67.6 cm³/mol. The lowest BCUT2D eigenvalue weighted by atomic mass is 10.1. The number of nitrogens with two attached hydrogens (primary N) is 1. The highest BCUT2D eigenvalue weighted by molar-refractivity contribution is 6.07. The Labute approximate surface area is 95.0 Å².